The topological polar surface area (TPSA) is 66.0 Å². The second kappa shape index (κ2) is 6.35. The van der Waals surface area contributed by atoms with Crippen LogP contribution >= 0.6 is 0 Å². The summed E-state index contributed by atoms with van der Waals surface area (Å²) in [5.41, 5.74) is 7.68. The first-order valence-corrected chi connectivity index (χ1v) is 6.09. The predicted molar refractivity (Wildman–Crippen MR) is 71.1 cm³/mol. The van der Waals surface area contributed by atoms with Crippen molar-refractivity contribution in [1.82, 2.24) is 9.88 Å². The third-order valence-electron chi connectivity index (χ3n) is 2.90. The first-order valence-electron chi connectivity index (χ1n) is 6.09. The Morgan fingerprint density at radius 3 is 2.65 bits per heavy atom. The van der Waals surface area contributed by atoms with Crippen LogP contribution < -0.4 is 5.73 Å². The van der Waals surface area contributed by atoms with Crippen LogP contribution in [-0.4, -0.2) is 28.3 Å². The quantitative estimate of drug-likeness (QED) is 0.584. The van der Waals surface area contributed by atoms with Gasteiger partial charge in [-0.2, -0.15) is 0 Å². The number of pyridine rings is 1. The van der Waals surface area contributed by atoms with Gasteiger partial charge in [0.25, 0.3) is 0 Å². The molecule has 94 valence electrons. The van der Waals surface area contributed by atoms with Crippen molar-refractivity contribution in [3.8, 4) is 0 Å². The lowest BCUT2D eigenvalue weighted by Crippen LogP contribution is -2.43. The molecule has 0 saturated heterocycles. The van der Waals surface area contributed by atoms with Crippen LogP contribution in [0.15, 0.2) is 18.2 Å². The molecule has 0 aliphatic heterocycles. The number of likely N-dealkylation sites (N-methyl/N-ethyl adjacent to an activating group) is 1. The van der Waals surface area contributed by atoms with Crippen molar-refractivity contribution in [1.29, 1.82) is 5.41 Å². The minimum atomic E-state index is 0.0160. The Bertz CT molecular complexity index is 375. The molecule has 3 N–H and O–H groups in total. The fourth-order valence-electron chi connectivity index (χ4n) is 2.01. The highest BCUT2D eigenvalue weighted by Gasteiger charge is 2.18. The molecule has 4 nitrogen and oxygen atoms in total. The summed E-state index contributed by atoms with van der Waals surface area (Å²) < 4.78 is 0. The van der Waals surface area contributed by atoms with E-state index in [1.54, 1.807) is 0 Å². The van der Waals surface area contributed by atoms with Crippen molar-refractivity contribution in [2.45, 2.75) is 39.8 Å². The van der Waals surface area contributed by atoms with E-state index in [2.05, 4.69) is 23.7 Å². The standard InChI is InChI=1S/C13H22N4/c1-4-12(13(14)15)17(5-2)9-11-8-6-7-10(3)16-11/h6-8,12H,4-5,9H2,1-3H3,(H3,14,15). The van der Waals surface area contributed by atoms with E-state index in [-0.39, 0.29) is 11.9 Å². The van der Waals surface area contributed by atoms with Crippen molar-refractivity contribution in [3.63, 3.8) is 0 Å². The fourth-order valence-corrected chi connectivity index (χ4v) is 2.01. The average Bonchev–Trinajstić information content (AvgIpc) is 2.28. The molecule has 0 spiro atoms. The zero-order valence-electron chi connectivity index (χ0n) is 10.9. The van der Waals surface area contributed by atoms with E-state index < -0.39 is 0 Å². The molecule has 1 heterocycles. The molecule has 17 heavy (non-hydrogen) atoms. The van der Waals surface area contributed by atoms with E-state index in [1.165, 1.54) is 0 Å². The van der Waals surface area contributed by atoms with Crippen LogP contribution in [0.2, 0.25) is 0 Å². The first-order chi connectivity index (χ1) is 8.08. The van der Waals surface area contributed by atoms with Gasteiger partial charge in [0.15, 0.2) is 0 Å². The maximum atomic E-state index is 7.61. The number of nitrogens with zero attached hydrogens (tertiary/aromatic N) is 2. The summed E-state index contributed by atoms with van der Waals surface area (Å²) in [7, 11) is 0. The summed E-state index contributed by atoms with van der Waals surface area (Å²) in [4.78, 5) is 6.67. The zero-order chi connectivity index (χ0) is 12.8. The summed E-state index contributed by atoms with van der Waals surface area (Å²) in [6.45, 7) is 7.74. The minimum absolute atomic E-state index is 0.0160. The van der Waals surface area contributed by atoms with Gasteiger partial charge in [-0.05, 0) is 32.0 Å². The van der Waals surface area contributed by atoms with Crippen molar-refractivity contribution >= 4 is 5.84 Å². The average molecular weight is 234 g/mol. The third-order valence-corrected chi connectivity index (χ3v) is 2.90. The van der Waals surface area contributed by atoms with Gasteiger partial charge in [0, 0.05) is 12.2 Å². The van der Waals surface area contributed by atoms with Crippen LogP contribution in [0.5, 0.6) is 0 Å². The van der Waals surface area contributed by atoms with Gasteiger partial charge in [0.2, 0.25) is 0 Å². The van der Waals surface area contributed by atoms with Gasteiger partial charge in [-0.1, -0.05) is 19.9 Å². The van der Waals surface area contributed by atoms with Gasteiger partial charge >= 0.3 is 0 Å². The molecule has 0 aromatic carbocycles. The van der Waals surface area contributed by atoms with E-state index >= 15 is 0 Å². The summed E-state index contributed by atoms with van der Waals surface area (Å²) in [5, 5.41) is 7.61. The van der Waals surface area contributed by atoms with E-state index in [0.29, 0.717) is 0 Å². The number of hydrogen-bond donors (Lipinski definition) is 2. The van der Waals surface area contributed by atoms with E-state index in [9.17, 15) is 0 Å². The van der Waals surface area contributed by atoms with Crippen LogP contribution in [0.3, 0.4) is 0 Å². The van der Waals surface area contributed by atoms with Crippen LogP contribution in [0.1, 0.15) is 31.7 Å². The van der Waals surface area contributed by atoms with Crippen molar-refractivity contribution < 1.29 is 0 Å². The lowest BCUT2D eigenvalue weighted by molar-refractivity contribution is 0.236. The smallest absolute Gasteiger partial charge is 0.108 e. The summed E-state index contributed by atoms with van der Waals surface area (Å²) in [5.74, 6) is 0.238. The lowest BCUT2D eigenvalue weighted by atomic mass is 10.1. The maximum absolute atomic E-state index is 7.61. The number of nitrogens with one attached hydrogen (secondary N) is 1. The monoisotopic (exact) mass is 234 g/mol. The molecule has 0 bridgehead atoms. The number of aryl methyl sites for hydroxylation is 1. The molecule has 0 fully saturated rings. The summed E-state index contributed by atoms with van der Waals surface area (Å²) in [6, 6.07) is 6.03. The lowest BCUT2D eigenvalue weighted by Gasteiger charge is -2.28. The summed E-state index contributed by atoms with van der Waals surface area (Å²) in [6.07, 6.45) is 0.856. The predicted octanol–water partition coefficient (Wildman–Crippen LogP) is 1.93. The molecule has 1 atom stereocenters. The molecule has 1 unspecified atom stereocenters. The Morgan fingerprint density at radius 2 is 2.18 bits per heavy atom. The molecule has 0 aliphatic rings. The van der Waals surface area contributed by atoms with Gasteiger partial charge in [0.1, 0.15) is 5.84 Å². The molecular formula is C13H22N4. The number of aromatic nitrogens is 1. The van der Waals surface area contributed by atoms with Gasteiger partial charge in [-0.25, -0.2) is 0 Å². The first kappa shape index (κ1) is 13.6. The molecule has 0 radical (unpaired) electrons. The molecule has 1 aromatic heterocycles. The van der Waals surface area contributed by atoms with Gasteiger partial charge < -0.3 is 5.73 Å². The third kappa shape index (κ3) is 3.82. The molecule has 1 rings (SSSR count). The second-order valence-electron chi connectivity index (χ2n) is 4.21. The zero-order valence-corrected chi connectivity index (χ0v) is 10.9. The maximum Gasteiger partial charge on any atom is 0.108 e. The minimum Gasteiger partial charge on any atom is -0.386 e. The van der Waals surface area contributed by atoms with E-state index in [1.807, 2.05) is 25.1 Å². The SMILES string of the molecule is CCC(C(=N)N)N(CC)Cc1cccc(C)n1. The Kier molecular flexibility index (Phi) is 5.10. The second-order valence-corrected chi connectivity index (χ2v) is 4.21. The summed E-state index contributed by atoms with van der Waals surface area (Å²) >= 11 is 0. The molecule has 0 amide bonds. The van der Waals surface area contributed by atoms with Crippen LogP contribution in [0.25, 0.3) is 0 Å². The largest absolute Gasteiger partial charge is 0.386 e. The van der Waals surface area contributed by atoms with Crippen molar-refractivity contribution in [2.75, 3.05) is 6.54 Å². The Balaban J connectivity index is 2.79. The molecular weight excluding hydrogens is 212 g/mol. The highest BCUT2D eigenvalue weighted by molar-refractivity contribution is 5.82. The Morgan fingerprint density at radius 1 is 1.47 bits per heavy atom. The fraction of sp³-hybridized carbons (Fsp3) is 0.538. The van der Waals surface area contributed by atoms with Crippen LogP contribution in [0.4, 0.5) is 0 Å². The van der Waals surface area contributed by atoms with Gasteiger partial charge in [0.05, 0.1) is 11.7 Å². The molecule has 1 aromatic rings. The van der Waals surface area contributed by atoms with E-state index in [0.717, 1.165) is 30.9 Å². The number of hydrogen-bond acceptors (Lipinski definition) is 3. The number of rotatable bonds is 6. The normalized spacial score (nSPS) is 12.7. The van der Waals surface area contributed by atoms with E-state index in [4.69, 9.17) is 11.1 Å². The molecule has 0 saturated carbocycles. The van der Waals surface area contributed by atoms with Crippen molar-refractivity contribution in [2.24, 2.45) is 5.73 Å². The van der Waals surface area contributed by atoms with Crippen LogP contribution in [-0.2, 0) is 6.54 Å². The van der Waals surface area contributed by atoms with Gasteiger partial charge in [-0.15, -0.1) is 0 Å². The number of amidine groups is 1. The highest BCUT2D eigenvalue weighted by atomic mass is 15.2. The Hall–Kier alpha value is -1.42. The van der Waals surface area contributed by atoms with Gasteiger partial charge in [-0.3, -0.25) is 15.3 Å². The van der Waals surface area contributed by atoms with Crippen molar-refractivity contribution in [3.05, 3.63) is 29.6 Å². The number of nitrogens with two attached hydrogens (primary N) is 1. The highest BCUT2D eigenvalue weighted by Crippen LogP contribution is 2.09. The van der Waals surface area contributed by atoms with Crippen LogP contribution in [0, 0.1) is 12.3 Å². The molecule has 4 heteroatoms. The Labute approximate surface area is 103 Å². The molecule has 0 aliphatic carbocycles.